The van der Waals surface area contributed by atoms with Gasteiger partial charge >= 0.3 is 5.91 Å². The van der Waals surface area contributed by atoms with E-state index in [4.69, 9.17) is 9.47 Å². The molecular weight excluding hydrogens is 560 g/mol. The van der Waals surface area contributed by atoms with Gasteiger partial charge in [-0.2, -0.15) is 0 Å². The molecule has 1 amide bonds. The number of phenolic OH excluding ortho intramolecular Hbond substituents is 1. The largest absolute Gasteiger partial charge is 0.507 e. The molecule has 1 atom stereocenters. The molecule has 5 rings (SSSR count). The Morgan fingerprint density at radius 2 is 1.78 bits per heavy atom. The topological polar surface area (TPSA) is 109 Å². The molecule has 4 aromatic rings. The predicted octanol–water partition coefficient (Wildman–Crippen LogP) is 5.72. The maximum Gasteiger partial charge on any atom is 0.301 e. The van der Waals surface area contributed by atoms with Gasteiger partial charge < -0.3 is 19.7 Å². The fourth-order valence-electron chi connectivity index (χ4n) is 4.28. The molecular formula is C27H21BrN2O6S. The number of ketones is 1. The lowest BCUT2D eigenvalue weighted by Gasteiger charge is -2.24. The van der Waals surface area contributed by atoms with Crippen molar-refractivity contribution in [1.82, 2.24) is 4.98 Å². The second-order valence-corrected chi connectivity index (χ2v) is 10.3. The van der Waals surface area contributed by atoms with Crippen LogP contribution in [-0.4, -0.2) is 41.1 Å². The number of amides is 1. The van der Waals surface area contributed by atoms with Crippen LogP contribution >= 0.6 is 27.3 Å². The Morgan fingerprint density at radius 3 is 2.46 bits per heavy atom. The summed E-state index contributed by atoms with van der Waals surface area (Å²) in [5, 5.41) is 22.0. The molecule has 0 saturated carbocycles. The summed E-state index contributed by atoms with van der Waals surface area (Å²) in [4.78, 5) is 32.8. The minimum absolute atomic E-state index is 0.106. The van der Waals surface area contributed by atoms with Gasteiger partial charge in [-0.1, -0.05) is 17.4 Å². The van der Waals surface area contributed by atoms with Crippen LogP contribution in [0.5, 0.6) is 17.2 Å². The third kappa shape index (κ3) is 4.21. The Hall–Kier alpha value is -3.89. The van der Waals surface area contributed by atoms with Crippen molar-refractivity contribution in [3.05, 3.63) is 81.3 Å². The number of carbonyl (C=O) groups is 2. The Bertz CT molecular complexity index is 1590. The number of aromatic nitrogens is 1. The van der Waals surface area contributed by atoms with Crippen LogP contribution in [0.3, 0.4) is 0 Å². The molecule has 3 aromatic carbocycles. The number of benzene rings is 3. The molecule has 1 aliphatic heterocycles. The van der Waals surface area contributed by atoms with Crippen molar-refractivity contribution in [2.75, 3.05) is 19.1 Å². The minimum Gasteiger partial charge on any atom is -0.507 e. The number of aromatic hydroxyl groups is 1. The van der Waals surface area contributed by atoms with Crippen molar-refractivity contribution < 1.29 is 29.3 Å². The van der Waals surface area contributed by atoms with Crippen molar-refractivity contribution in [2.24, 2.45) is 0 Å². The molecule has 0 spiro atoms. The van der Waals surface area contributed by atoms with Crippen LogP contribution in [0.25, 0.3) is 16.0 Å². The lowest BCUT2D eigenvalue weighted by Crippen LogP contribution is -2.29. The number of fused-ring (bicyclic) bond motifs is 1. The summed E-state index contributed by atoms with van der Waals surface area (Å²) in [6.07, 6.45) is 0. The molecule has 2 heterocycles. The Morgan fingerprint density at radius 1 is 1.05 bits per heavy atom. The summed E-state index contributed by atoms with van der Waals surface area (Å²) < 4.78 is 11.7. The van der Waals surface area contributed by atoms with Crippen LogP contribution in [-0.2, 0) is 9.59 Å². The van der Waals surface area contributed by atoms with Gasteiger partial charge in [-0.3, -0.25) is 14.5 Å². The molecule has 1 aliphatic rings. The van der Waals surface area contributed by atoms with Gasteiger partial charge in [0.05, 0.1) is 40.5 Å². The highest BCUT2D eigenvalue weighted by molar-refractivity contribution is 9.10. The van der Waals surface area contributed by atoms with E-state index in [1.807, 2.05) is 25.1 Å². The zero-order valence-electron chi connectivity index (χ0n) is 20.0. The molecule has 188 valence electrons. The number of aliphatic hydroxyl groups excluding tert-OH is 1. The molecule has 8 nitrogen and oxygen atoms in total. The maximum atomic E-state index is 13.5. The summed E-state index contributed by atoms with van der Waals surface area (Å²) in [5.74, 6) is -1.43. The molecule has 1 aromatic heterocycles. The van der Waals surface area contributed by atoms with E-state index < -0.39 is 17.7 Å². The maximum absolute atomic E-state index is 13.5. The van der Waals surface area contributed by atoms with Gasteiger partial charge in [-0.05, 0) is 82.5 Å². The second kappa shape index (κ2) is 9.53. The number of Topliss-reactive ketones (excluding diaryl/α,β-unsaturated/α-hetero) is 1. The number of phenols is 1. The number of anilines is 1. The lowest BCUT2D eigenvalue weighted by atomic mass is 9.95. The summed E-state index contributed by atoms with van der Waals surface area (Å²) in [6.45, 7) is 1.96. The molecule has 0 aliphatic carbocycles. The molecule has 1 unspecified atom stereocenters. The number of rotatable bonds is 5. The monoisotopic (exact) mass is 580 g/mol. The summed E-state index contributed by atoms with van der Waals surface area (Å²) in [7, 11) is 2.92. The number of methoxy groups -OCH3 is 2. The van der Waals surface area contributed by atoms with Crippen LogP contribution in [0.1, 0.15) is 22.7 Å². The number of thiazole rings is 1. The molecule has 2 N–H and O–H groups in total. The van der Waals surface area contributed by atoms with Crippen LogP contribution in [0.2, 0.25) is 0 Å². The molecule has 1 fully saturated rings. The number of halogens is 1. The Labute approximate surface area is 224 Å². The molecule has 10 heteroatoms. The predicted molar refractivity (Wildman–Crippen MR) is 144 cm³/mol. The quantitative estimate of drug-likeness (QED) is 0.176. The van der Waals surface area contributed by atoms with Gasteiger partial charge in [0.2, 0.25) is 0 Å². The van der Waals surface area contributed by atoms with E-state index in [2.05, 4.69) is 20.9 Å². The smallest absolute Gasteiger partial charge is 0.301 e. The highest BCUT2D eigenvalue weighted by atomic mass is 79.9. The van der Waals surface area contributed by atoms with Gasteiger partial charge in [0.1, 0.15) is 11.5 Å². The van der Waals surface area contributed by atoms with Gasteiger partial charge in [0, 0.05) is 5.56 Å². The number of nitrogens with zero attached hydrogens (tertiary/aromatic N) is 2. The number of aliphatic hydroxyl groups is 1. The first-order valence-electron chi connectivity index (χ1n) is 11.1. The van der Waals surface area contributed by atoms with E-state index in [1.54, 1.807) is 30.3 Å². The molecule has 1 saturated heterocycles. The fraction of sp³-hybridized carbons (Fsp3) is 0.148. The van der Waals surface area contributed by atoms with E-state index in [-0.39, 0.29) is 22.8 Å². The van der Waals surface area contributed by atoms with Crippen molar-refractivity contribution >= 4 is 60.1 Å². The van der Waals surface area contributed by atoms with Crippen LogP contribution < -0.4 is 14.4 Å². The fourth-order valence-corrected chi connectivity index (χ4v) is 5.83. The van der Waals surface area contributed by atoms with E-state index in [0.717, 1.165) is 10.3 Å². The van der Waals surface area contributed by atoms with Crippen LogP contribution in [0.15, 0.2) is 64.6 Å². The van der Waals surface area contributed by atoms with E-state index in [1.165, 1.54) is 36.5 Å². The number of hydrogen-bond acceptors (Lipinski definition) is 8. The second-order valence-electron chi connectivity index (χ2n) is 8.42. The molecule has 0 radical (unpaired) electrons. The first kappa shape index (κ1) is 24.8. The van der Waals surface area contributed by atoms with Crippen molar-refractivity contribution in [2.45, 2.75) is 13.0 Å². The Kier molecular flexibility index (Phi) is 6.38. The number of aryl methyl sites for hydroxylation is 1. The molecule has 37 heavy (non-hydrogen) atoms. The van der Waals surface area contributed by atoms with Crippen LogP contribution in [0.4, 0.5) is 5.13 Å². The minimum atomic E-state index is -1.03. The number of ether oxygens (including phenoxy) is 2. The first-order valence-corrected chi connectivity index (χ1v) is 12.7. The number of carbonyl (C=O) groups excluding carboxylic acids is 2. The average molecular weight is 581 g/mol. The summed E-state index contributed by atoms with van der Waals surface area (Å²) >= 11 is 4.59. The first-order chi connectivity index (χ1) is 17.7. The lowest BCUT2D eigenvalue weighted by molar-refractivity contribution is -0.132. The van der Waals surface area contributed by atoms with Gasteiger partial charge in [-0.15, -0.1) is 0 Å². The van der Waals surface area contributed by atoms with Crippen molar-refractivity contribution in [3.8, 4) is 17.2 Å². The zero-order chi connectivity index (χ0) is 26.4. The highest BCUT2D eigenvalue weighted by Crippen LogP contribution is 2.47. The average Bonchev–Trinajstić information content (AvgIpc) is 3.42. The SMILES string of the molecule is COc1ccc(C(O)=C2C(=O)C(=O)N(c3nc4ccc(C)cc4s3)C2c2cc(Br)c(O)c(OC)c2)cc1. The normalized spacial score (nSPS) is 17.0. The van der Waals surface area contributed by atoms with Gasteiger partial charge in [-0.25, -0.2) is 4.98 Å². The van der Waals surface area contributed by atoms with Crippen LogP contribution in [0, 0.1) is 6.92 Å². The van der Waals surface area contributed by atoms with E-state index in [0.29, 0.717) is 32.0 Å². The van der Waals surface area contributed by atoms with Crippen molar-refractivity contribution in [1.29, 1.82) is 0 Å². The van der Waals surface area contributed by atoms with E-state index >= 15 is 0 Å². The zero-order valence-corrected chi connectivity index (χ0v) is 22.4. The van der Waals surface area contributed by atoms with Crippen molar-refractivity contribution in [3.63, 3.8) is 0 Å². The van der Waals surface area contributed by atoms with Gasteiger partial charge in [0.15, 0.2) is 16.6 Å². The summed E-state index contributed by atoms with van der Waals surface area (Å²) in [6, 6.07) is 14.3. The summed E-state index contributed by atoms with van der Waals surface area (Å²) in [5.41, 5.74) is 2.39. The van der Waals surface area contributed by atoms with E-state index in [9.17, 15) is 19.8 Å². The highest BCUT2D eigenvalue weighted by Gasteiger charge is 2.48. The number of hydrogen-bond donors (Lipinski definition) is 2. The Balaban J connectivity index is 1.76. The standard InChI is InChI=1S/C27H21BrN2O6S/c1-13-4-9-18-20(10-13)37-27(29-18)30-22(15-11-17(28)24(32)19(12-15)36-3)21(25(33)26(30)34)23(31)14-5-7-16(35-2)8-6-14/h4-12,22,31-32H,1-3H3. The van der Waals surface area contributed by atoms with Gasteiger partial charge in [0.25, 0.3) is 5.78 Å². The third-order valence-corrected chi connectivity index (χ3v) is 7.75. The molecule has 0 bridgehead atoms. The third-order valence-electron chi connectivity index (χ3n) is 6.13.